The molecule has 2 heterocycles. The highest BCUT2D eigenvalue weighted by atomic mass is 35.5. The van der Waals surface area contributed by atoms with E-state index in [9.17, 15) is 9.90 Å². The highest BCUT2D eigenvalue weighted by molar-refractivity contribution is 6.41. The van der Waals surface area contributed by atoms with Gasteiger partial charge in [-0.05, 0) is 23.6 Å². The highest BCUT2D eigenvalue weighted by Crippen LogP contribution is 2.46. The first-order valence-corrected chi connectivity index (χ1v) is 10.7. The van der Waals surface area contributed by atoms with Gasteiger partial charge >= 0.3 is 6.09 Å². The van der Waals surface area contributed by atoms with Crippen LogP contribution in [0.4, 0.5) is 10.7 Å². The Balaban J connectivity index is 1.65. The Morgan fingerprint density at radius 1 is 1.16 bits per heavy atom. The molecule has 0 radical (unpaired) electrons. The highest BCUT2D eigenvalue weighted by Gasteiger charge is 2.32. The standard InChI is InChI=1S/C22H22Cl2N4O4/c1-11-9-28(22(29)30)10-15(11)27-21-25-8-13-6-12(4-5-14(13)26-21)18-19(23)16(31-2)7-17(32-3)20(18)24/h4-8,11,15H,9-10H2,1-3H3,(H,29,30)(H,25,26,27)/t11-,15-/m1/s1. The summed E-state index contributed by atoms with van der Waals surface area (Å²) in [5.41, 5.74) is 2.10. The maximum absolute atomic E-state index is 11.2. The van der Waals surface area contributed by atoms with Crippen LogP contribution in [-0.2, 0) is 0 Å². The summed E-state index contributed by atoms with van der Waals surface area (Å²) in [6.07, 6.45) is 0.793. The SMILES string of the molecule is COc1cc(OC)c(Cl)c(-c2ccc3nc(N[C@@H]4CN(C(=O)O)C[C@H]4C)ncc3c2)c1Cl. The maximum Gasteiger partial charge on any atom is 0.407 e. The first-order chi connectivity index (χ1) is 15.3. The van der Waals surface area contributed by atoms with Gasteiger partial charge in [-0.15, -0.1) is 0 Å². The molecule has 0 aliphatic carbocycles. The lowest BCUT2D eigenvalue weighted by Gasteiger charge is -2.17. The number of ether oxygens (including phenoxy) is 2. The first kappa shape index (κ1) is 22.2. The number of nitrogens with one attached hydrogen (secondary N) is 1. The summed E-state index contributed by atoms with van der Waals surface area (Å²) in [6, 6.07) is 7.22. The predicted molar refractivity (Wildman–Crippen MR) is 124 cm³/mol. The molecule has 1 aliphatic rings. The molecule has 4 rings (SSSR count). The molecule has 2 atom stereocenters. The van der Waals surface area contributed by atoms with Crippen molar-refractivity contribution in [3.8, 4) is 22.6 Å². The van der Waals surface area contributed by atoms with Gasteiger partial charge in [-0.3, -0.25) is 0 Å². The van der Waals surface area contributed by atoms with Crippen molar-refractivity contribution >= 4 is 46.1 Å². The summed E-state index contributed by atoms with van der Waals surface area (Å²) < 4.78 is 10.7. The van der Waals surface area contributed by atoms with Crippen molar-refractivity contribution in [3.63, 3.8) is 0 Å². The molecule has 0 bridgehead atoms. The molecule has 1 saturated heterocycles. The van der Waals surface area contributed by atoms with Crippen molar-refractivity contribution in [1.82, 2.24) is 14.9 Å². The van der Waals surface area contributed by atoms with Crippen LogP contribution in [-0.4, -0.2) is 59.4 Å². The molecule has 1 aromatic heterocycles. The van der Waals surface area contributed by atoms with Crippen LogP contribution < -0.4 is 14.8 Å². The van der Waals surface area contributed by atoms with Crippen molar-refractivity contribution in [2.24, 2.45) is 5.92 Å². The van der Waals surface area contributed by atoms with Gasteiger partial charge in [0.1, 0.15) is 11.5 Å². The molecule has 10 heteroatoms. The summed E-state index contributed by atoms with van der Waals surface area (Å²) in [6.45, 7) is 2.88. The lowest BCUT2D eigenvalue weighted by molar-refractivity contribution is 0.154. The van der Waals surface area contributed by atoms with E-state index in [1.807, 2.05) is 25.1 Å². The van der Waals surface area contributed by atoms with Crippen LogP contribution >= 0.6 is 23.2 Å². The largest absolute Gasteiger partial charge is 0.495 e. The minimum Gasteiger partial charge on any atom is -0.495 e. The second kappa shape index (κ2) is 8.88. The van der Waals surface area contributed by atoms with Crippen LogP contribution in [0.15, 0.2) is 30.5 Å². The summed E-state index contributed by atoms with van der Waals surface area (Å²) in [5, 5.41) is 14.0. The Labute approximate surface area is 195 Å². The Morgan fingerprint density at radius 2 is 1.84 bits per heavy atom. The Morgan fingerprint density at radius 3 is 2.44 bits per heavy atom. The Bertz CT molecular complexity index is 1160. The fraction of sp³-hybridized carbons (Fsp3) is 0.318. The van der Waals surface area contributed by atoms with E-state index in [1.165, 1.54) is 19.1 Å². The number of hydrogen-bond acceptors (Lipinski definition) is 6. The van der Waals surface area contributed by atoms with Gasteiger partial charge < -0.3 is 24.8 Å². The number of methoxy groups -OCH3 is 2. The van der Waals surface area contributed by atoms with Gasteiger partial charge in [0.25, 0.3) is 0 Å². The normalized spacial score (nSPS) is 18.1. The quantitative estimate of drug-likeness (QED) is 0.532. The van der Waals surface area contributed by atoms with Crippen LogP contribution in [0, 0.1) is 5.92 Å². The molecule has 0 unspecified atom stereocenters. The number of fused-ring (bicyclic) bond motifs is 1. The smallest absolute Gasteiger partial charge is 0.407 e. The first-order valence-electron chi connectivity index (χ1n) is 9.94. The number of carbonyl (C=O) groups is 1. The van der Waals surface area contributed by atoms with Crippen molar-refractivity contribution in [2.75, 3.05) is 32.6 Å². The molecule has 1 amide bonds. The number of anilines is 1. The number of likely N-dealkylation sites (tertiary alicyclic amines) is 1. The zero-order valence-corrected chi connectivity index (χ0v) is 19.2. The summed E-state index contributed by atoms with van der Waals surface area (Å²) in [7, 11) is 3.06. The van der Waals surface area contributed by atoms with Gasteiger partial charge in [0, 0.05) is 36.3 Å². The topological polar surface area (TPSA) is 96.8 Å². The monoisotopic (exact) mass is 476 g/mol. The molecule has 32 heavy (non-hydrogen) atoms. The lowest BCUT2D eigenvalue weighted by atomic mass is 10.0. The molecule has 0 saturated carbocycles. The molecule has 2 aromatic carbocycles. The van der Waals surface area contributed by atoms with Gasteiger partial charge in [-0.25, -0.2) is 14.8 Å². The van der Waals surface area contributed by atoms with Gasteiger partial charge in [-0.1, -0.05) is 36.2 Å². The minimum atomic E-state index is -0.917. The number of aromatic nitrogens is 2. The van der Waals surface area contributed by atoms with E-state index in [0.29, 0.717) is 46.1 Å². The van der Waals surface area contributed by atoms with Gasteiger partial charge in [0.05, 0.1) is 35.8 Å². The molecule has 0 spiro atoms. The van der Waals surface area contributed by atoms with Crippen molar-refractivity contribution < 1.29 is 19.4 Å². The van der Waals surface area contributed by atoms with E-state index in [-0.39, 0.29) is 12.0 Å². The fourth-order valence-electron chi connectivity index (χ4n) is 3.87. The van der Waals surface area contributed by atoms with E-state index in [0.717, 1.165) is 16.5 Å². The third-order valence-corrected chi connectivity index (χ3v) is 6.39. The number of nitrogens with zero attached hydrogens (tertiary/aromatic N) is 3. The summed E-state index contributed by atoms with van der Waals surface area (Å²) in [5.74, 6) is 1.52. The number of carboxylic acid groups (broad SMARTS) is 1. The second-order valence-corrected chi connectivity index (χ2v) is 8.42. The average Bonchev–Trinajstić information content (AvgIpc) is 3.14. The zero-order valence-electron chi connectivity index (χ0n) is 17.7. The number of rotatable bonds is 5. The van der Waals surface area contributed by atoms with E-state index in [2.05, 4.69) is 15.3 Å². The maximum atomic E-state index is 11.2. The minimum absolute atomic E-state index is 0.0512. The third kappa shape index (κ3) is 4.08. The van der Waals surface area contributed by atoms with Crippen molar-refractivity contribution in [2.45, 2.75) is 13.0 Å². The van der Waals surface area contributed by atoms with Gasteiger partial charge in [0.15, 0.2) is 0 Å². The van der Waals surface area contributed by atoms with Crippen LogP contribution in [0.3, 0.4) is 0 Å². The van der Waals surface area contributed by atoms with Gasteiger partial charge in [0.2, 0.25) is 5.95 Å². The lowest BCUT2D eigenvalue weighted by Crippen LogP contribution is -2.31. The molecule has 1 fully saturated rings. The molecule has 168 valence electrons. The summed E-state index contributed by atoms with van der Waals surface area (Å²) >= 11 is 13.1. The van der Waals surface area contributed by atoms with Crippen molar-refractivity contribution in [1.29, 1.82) is 0 Å². The number of hydrogen-bond donors (Lipinski definition) is 2. The van der Waals surface area contributed by atoms with E-state index in [4.69, 9.17) is 32.7 Å². The second-order valence-electron chi connectivity index (χ2n) is 7.67. The van der Waals surface area contributed by atoms with Crippen LogP contribution in [0.5, 0.6) is 11.5 Å². The van der Waals surface area contributed by atoms with E-state index >= 15 is 0 Å². The Kier molecular flexibility index (Phi) is 6.17. The van der Waals surface area contributed by atoms with E-state index < -0.39 is 6.09 Å². The third-order valence-electron chi connectivity index (χ3n) is 5.64. The molecular formula is C22H22Cl2N4O4. The van der Waals surface area contributed by atoms with Crippen molar-refractivity contribution in [3.05, 3.63) is 40.5 Å². The fourth-order valence-corrected chi connectivity index (χ4v) is 4.59. The predicted octanol–water partition coefficient (Wildman–Crippen LogP) is 5.03. The van der Waals surface area contributed by atoms with Crippen LogP contribution in [0.2, 0.25) is 10.0 Å². The molecule has 3 aromatic rings. The zero-order chi connectivity index (χ0) is 23.0. The van der Waals surface area contributed by atoms with Crippen LogP contribution in [0.25, 0.3) is 22.0 Å². The average molecular weight is 477 g/mol. The summed E-state index contributed by atoms with van der Waals surface area (Å²) in [4.78, 5) is 21.6. The van der Waals surface area contributed by atoms with Crippen LogP contribution in [0.1, 0.15) is 6.92 Å². The molecular weight excluding hydrogens is 455 g/mol. The molecule has 2 N–H and O–H groups in total. The van der Waals surface area contributed by atoms with E-state index in [1.54, 1.807) is 12.3 Å². The number of halogens is 2. The number of amides is 1. The molecule has 8 nitrogen and oxygen atoms in total. The van der Waals surface area contributed by atoms with Gasteiger partial charge in [-0.2, -0.15) is 0 Å². The Hall–Kier alpha value is -2.97. The molecule has 1 aliphatic heterocycles. The number of benzene rings is 2.